The molecule has 2 saturated carbocycles. The number of Topliss-reactive ketones (excluding diaryl/α,β-unsaturated/α-hetero) is 1. The number of carbonyl (C=O) groups excluding carboxylic acids is 1. The molecule has 0 aliphatic heterocycles. The molecule has 3 heteroatoms. The van der Waals surface area contributed by atoms with Gasteiger partial charge in [0.05, 0.1) is 11.7 Å². The zero-order valence-electron chi connectivity index (χ0n) is 12.9. The molecule has 2 aliphatic rings. The van der Waals surface area contributed by atoms with E-state index >= 15 is 0 Å². The van der Waals surface area contributed by atoms with Crippen LogP contribution in [0.25, 0.3) is 0 Å². The molecule has 110 valence electrons. The third-order valence-corrected chi connectivity index (χ3v) is 5.73. The second kappa shape index (κ2) is 4.85. The molecule has 0 spiro atoms. The van der Waals surface area contributed by atoms with Gasteiger partial charge in [0.1, 0.15) is 5.78 Å². The Hall–Kier alpha value is -0.410. The molecule has 0 heterocycles. The first-order chi connectivity index (χ1) is 8.69. The van der Waals surface area contributed by atoms with E-state index in [0.29, 0.717) is 24.4 Å². The Morgan fingerprint density at radius 3 is 2.58 bits per heavy atom. The maximum atomic E-state index is 12.4. The quantitative estimate of drug-likeness (QED) is 0.837. The monoisotopic (exact) mass is 268 g/mol. The predicted molar refractivity (Wildman–Crippen MR) is 74.8 cm³/mol. The van der Waals surface area contributed by atoms with Crippen molar-refractivity contribution in [2.45, 2.75) is 65.1 Å². The first-order valence-corrected chi connectivity index (χ1v) is 7.47. The fourth-order valence-corrected chi connectivity index (χ4v) is 4.45. The van der Waals surface area contributed by atoms with E-state index in [0.717, 1.165) is 19.3 Å². The Labute approximate surface area is 116 Å². The number of hydrogen-bond donors (Lipinski definition) is 1. The second-order valence-electron chi connectivity index (χ2n) is 7.52. The summed E-state index contributed by atoms with van der Waals surface area (Å²) in [5.74, 6) is 0.958. The second-order valence-corrected chi connectivity index (χ2v) is 7.52. The van der Waals surface area contributed by atoms with Crippen LogP contribution in [-0.4, -0.2) is 29.7 Å². The van der Waals surface area contributed by atoms with Crippen molar-refractivity contribution >= 4 is 5.78 Å². The van der Waals surface area contributed by atoms with Crippen LogP contribution in [-0.2, 0) is 9.53 Å². The average Bonchev–Trinajstić information content (AvgIpc) is 2.26. The number of ketones is 1. The summed E-state index contributed by atoms with van der Waals surface area (Å²) >= 11 is 0. The molecule has 0 amide bonds. The van der Waals surface area contributed by atoms with Gasteiger partial charge < -0.3 is 9.84 Å². The molecular weight excluding hydrogens is 240 g/mol. The Morgan fingerprint density at radius 1 is 1.42 bits per heavy atom. The topological polar surface area (TPSA) is 46.5 Å². The molecule has 2 unspecified atom stereocenters. The highest BCUT2D eigenvalue weighted by molar-refractivity contribution is 5.83. The molecule has 0 saturated heterocycles. The van der Waals surface area contributed by atoms with E-state index in [1.54, 1.807) is 21.0 Å². The molecule has 0 aromatic heterocycles. The third kappa shape index (κ3) is 2.59. The van der Waals surface area contributed by atoms with E-state index in [2.05, 4.69) is 13.8 Å². The Morgan fingerprint density at radius 2 is 2.05 bits per heavy atom. The highest BCUT2D eigenvalue weighted by Crippen LogP contribution is 2.54. The van der Waals surface area contributed by atoms with Crippen LogP contribution in [0.2, 0.25) is 0 Å². The molecule has 0 bridgehead atoms. The summed E-state index contributed by atoms with van der Waals surface area (Å²) in [6, 6.07) is 0. The van der Waals surface area contributed by atoms with Crippen LogP contribution in [0.4, 0.5) is 0 Å². The summed E-state index contributed by atoms with van der Waals surface area (Å²) in [5, 5.41) is 10.2. The first kappa shape index (κ1) is 15.0. The van der Waals surface area contributed by atoms with Gasteiger partial charge in [0.2, 0.25) is 0 Å². The summed E-state index contributed by atoms with van der Waals surface area (Å²) in [6.45, 7) is 8.02. The molecule has 0 radical (unpaired) electrons. The third-order valence-electron chi connectivity index (χ3n) is 5.73. The van der Waals surface area contributed by atoms with Crippen molar-refractivity contribution in [3.63, 3.8) is 0 Å². The zero-order valence-corrected chi connectivity index (χ0v) is 12.9. The van der Waals surface area contributed by atoms with E-state index in [1.807, 2.05) is 0 Å². The van der Waals surface area contributed by atoms with Gasteiger partial charge in [-0.3, -0.25) is 4.79 Å². The van der Waals surface area contributed by atoms with Gasteiger partial charge in [0.25, 0.3) is 0 Å². The summed E-state index contributed by atoms with van der Waals surface area (Å²) in [5.41, 5.74) is -0.800. The fourth-order valence-electron chi connectivity index (χ4n) is 4.45. The lowest BCUT2D eigenvalue weighted by molar-refractivity contribution is -0.151. The Kier molecular flexibility index (Phi) is 3.83. The van der Waals surface area contributed by atoms with Crippen molar-refractivity contribution in [3.05, 3.63) is 0 Å². The van der Waals surface area contributed by atoms with Gasteiger partial charge in [-0.15, -0.1) is 0 Å². The van der Waals surface area contributed by atoms with Crippen molar-refractivity contribution in [2.75, 3.05) is 7.11 Å². The summed E-state index contributed by atoms with van der Waals surface area (Å²) < 4.78 is 5.60. The van der Waals surface area contributed by atoms with E-state index < -0.39 is 5.60 Å². The smallest absolute Gasteiger partial charge is 0.139 e. The molecule has 19 heavy (non-hydrogen) atoms. The van der Waals surface area contributed by atoms with E-state index in [1.165, 1.54) is 0 Å². The average molecular weight is 268 g/mol. The number of rotatable bonds is 2. The first-order valence-electron chi connectivity index (χ1n) is 7.47. The predicted octanol–water partition coefficient (Wildman–Crippen LogP) is 2.80. The van der Waals surface area contributed by atoms with Gasteiger partial charge in [-0.2, -0.15) is 0 Å². The number of ether oxygens (including phenoxy) is 1. The van der Waals surface area contributed by atoms with Crippen molar-refractivity contribution in [3.8, 4) is 0 Å². The van der Waals surface area contributed by atoms with Gasteiger partial charge in [0.15, 0.2) is 0 Å². The molecule has 1 N–H and O–H groups in total. The lowest BCUT2D eigenvalue weighted by Crippen LogP contribution is -2.53. The molecule has 3 nitrogen and oxygen atoms in total. The maximum absolute atomic E-state index is 12.4. The Bertz CT molecular complexity index is 357. The normalized spacial score (nSPS) is 44.0. The highest BCUT2D eigenvalue weighted by atomic mass is 16.5. The minimum atomic E-state index is -0.905. The molecular formula is C16H28O3. The van der Waals surface area contributed by atoms with Crippen molar-refractivity contribution in [1.82, 2.24) is 0 Å². The lowest BCUT2D eigenvalue weighted by atomic mass is 9.53. The van der Waals surface area contributed by atoms with Gasteiger partial charge in [-0.1, -0.05) is 13.8 Å². The van der Waals surface area contributed by atoms with Gasteiger partial charge in [0, 0.05) is 19.4 Å². The molecule has 2 fully saturated rings. The van der Waals surface area contributed by atoms with Crippen LogP contribution in [0.5, 0.6) is 0 Å². The van der Waals surface area contributed by atoms with Crippen LogP contribution >= 0.6 is 0 Å². The van der Waals surface area contributed by atoms with Crippen LogP contribution in [0, 0.1) is 23.2 Å². The van der Waals surface area contributed by atoms with E-state index in [4.69, 9.17) is 4.74 Å². The molecule has 2 rings (SSSR count). The van der Waals surface area contributed by atoms with Crippen LogP contribution in [0.15, 0.2) is 0 Å². The summed E-state index contributed by atoms with van der Waals surface area (Å²) in [7, 11) is 1.78. The number of fused-ring (bicyclic) bond motifs is 1. The van der Waals surface area contributed by atoms with Crippen LogP contribution < -0.4 is 0 Å². The highest BCUT2D eigenvalue weighted by Gasteiger charge is 2.53. The molecule has 2 aliphatic carbocycles. The number of carbonyl (C=O) groups is 1. The van der Waals surface area contributed by atoms with Crippen molar-refractivity contribution in [1.29, 1.82) is 0 Å². The van der Waals surface area contributed by atoms with Gasteiger partial charge in [-0.25, -0.2) is 0 Å². The molecule has 0 aromatic carbocycles. The fraction of sp³-hybridized carbons (Fsp3) is 0.938. The van der Waals surface area contributed by atoms with E-state index in [-0.39, 0.29) is 17.1 Å². The Balaban J connectivity index is 2.25. The van der Waals surface area contributed by atoms with Crippen LogP contribution in [0.3, 0.4) is 0 Å². The summed E-state index contributed by atoms with van der Waals surface area (Å²) in [6.07, 6.45) is 3.83. The standard InChI is InChI=1S/C16H28O3/c1-10-11-8-12(15(2,3)18)13(17)9-16(11,4)7-6-14(10)19-5/h10-12,14,18H,6-9H2,1-5H3/t10-,11-,12?,14?,16+/m0/s1. The lowest BCUT2D eigenvalue weighted by Gasteiger charge is -2.53. The minimum absolute atomic E-state index is 0.104. The largest absolute Gasteiger partial charge is 0.390 e. The molecule has 5 atom stereocenters. The minimum Gasteiger partial charge on any atom is -0.390 e. The van der Waals surface area contributed by atoms with Gasteiger partial charge in [-0.05, 0) is 50.4 Å². The number of hydrogen-bond acceptors (Lipinski definition) is 3. The zero-order chi connectivity index (χ0) is 14.4. The van der Waals surface area contributed by atoms with E-state index in [9.17, 15) is 9.90 Å². The van der Waals surface area contributed by atoms with Crippen molar-refractivity contribution in [2.24, 2.45) is 23.2 Å². The molecule has 0 aromatic rings. The van der Waals surface area contributed by atoms with Crippen molar-refractivity contribution < 1.29 is 14.6 Å². The number of aliphatic hydroxyl groups is 1. The SMILES string of the molecule is COC1CC[C@]2(C)CC(=O)C(C(C)(C)O)C[C@H]2[C@@H]1C. The number of methoxy groups -OCH3 is 1. The maximum Gasteiger partial charge on any atom is 0.139 e. The van der Waals surface area contributed by atoms with Crippen LogP contribution in [0.1, 0.15) is 53.4 Å². The van der Waals surface area contributed by atoms with Gasteiger partial charge >= 0.3 is 0 Å². The summed E-state index contributed by atoms with van der Waals surface area (Å²) in [4.78, 5) is 12.4.